The van der Waals surface area contributed by atoms with E-state index in [1.807, 2.05) is 0 Å². The Morgan fingerprint density at radius 3 is 2.14 bits per heavy atom. The molecule has 0 bridgehead atoms. The molecule has 5 heteroatoms. The van der Waals surface area contributed by atoms with Crippen LogP contribution in [0.1, 0.15) is 54.9 Å². The minimum Gasteiger partial charge on any atom is -0.311 e. The van der Waals surface area contributed by atoms with Crippen molar-refractivity contribution in [2.45, 2.75) is 71.7 Å². The molecule has 1 heterocycles. The first-order valence-corrected chi connectivity index (χ1v) is 9.73. The zero-order chi connectivity index (χ0) is 16.5. The molecule has 2 atom stereocenters. The van der Waals surface area contributed by atoms with E-state index in [1.165, 1.54) is 0 Å². The lowest BCUT2D eigenvalue weighted by molar-refractivity contribution is 0.0601. The van der Waals surface area contributed by atoms with Crippen LogP contribution in [0.4, 0.5) is 0 Å². The molecule has 1 saturated heterocycles. The van der Waals surface area contributed by atoms with Crippen LogP contribution in [-0.2, 0) is 9.84 Å². The van der Waals surface area contributed by atoms with Gasteiger partial charge in [0.15, 0.2) is 9.84 Å². The zero-order valence-electron chi connectivity index (χ0n) is 14.9. The van der Waals surface area contributed by atoms with Crippen molar-refractivity contribution < 1.29 is 8.42 Å². The lowest BCUT2D eigenvalue weighted by atomic mass is 9.83. The van der Waals surface area contributed by atoms with Gasteiger partial charge < -0.3 is 5.32 Å². The zero-order valence-corrected chi connectivity index (χ0v) is 15.7. The molecule has 21 heavy (non-hydrogen) atoms. The van der Waals surface area contributed by atoms with Gasteiger partial charge in [0.25, 0.3) is 0 Å². The van der Waals surface area contributed by atoms with Crippen LogP contribution in [0.3, 0.4) is 0 Å². The number of nitrogens with zero attached hydrogens (tertiary/aromatic N) is 1. The molecule has 1 aliphatic heterocycles. The summed E-state index contributed by atoms with van der Waals surface area (Å²) in [6.45, 7) is 16.8. The average Bonchev–Trinajstić information content (AvgIpc) is 2.33. The molecule has 126 valence electrons. The predicted molar refractivity (Wildman–Crippen MR) is 90.4 cm³/mol. The van der Waals surface area contributed by atoms with Crippen LogP contribution < -0.4 is 5.32 Å². The summed E-state index contributed by atoms with van der Waals surface area (Å²) >= 11 is 0. The molecule has 0 saturated carbocycles. The summed E-state index contributed by atoms with van der Waals surface area (Å²) in [7, 11) is -3.05. The second-order valence-electron chi connectivity index (χ2n) is 8.32. The highest BCUT2D eigenvalue weighted by Gasteiger charge is 2.36. The molecule has 0 aromatic rings. The van der Waals surface area contributed by atoms with Gasteiger partial charge in [-0.15, -0.1) is 0 Å². The third-order valence-electron chi connectivity index (χ3n) is 4.57. The normalized spacial score (nSPS) is 26.0. The van der Waals surface area contributed by atoms with Gasteiger partial charge in [-0.2, -0.15) is 0 Å². The molecule has 1 N–H and O–H groups in total. The van der Waals surface area contributed by atoms with Crippen molar-refractivity contribution in [3.63, 3.8) is 0 Å². The molecule has 1 aliphatic rings. The topological polar surface area (TPSA) is 49.4 Å². The number of sulfone groups is 1. The highest BCUT2D eigenvalue weighted by molar-refractivity contribution is 7.92. The van der Waals surface area contributed by atoms with Gasteiger partial charge in [-0.25, -0.2) is 8.42 Å². The third kappa shape index (κ3) is 4.93. The number of rotatable bonds is 4. The largest absolute Gasteiger partial charge is 0.311 e. The number of hydrogen-bond acceptors (Lipinski definition) is 4. The van der Waals surface area contributed by atoms with Crippen molar-refractivity contribution in [2.75, 3.05) is 25.4 Å². The highest BCUT2D eigenvalue weighted by atomic mass is 32.2. The van der Waals surface area contributed by atoms with E-state index < -0.39 is 14.6 Å². The van der Waals surface area contributed by atoms with Gasteiger partial charge in [0.1, 0.15) is 0 Å². The van der Waals surface area contributed by atoms with E-state index in [0.717, 1.165) is 19.5 Å². The fraction of sp³-hybridized carbons (Fsp3) is 1.00. The Labute approximate surface area is 131 Å². The Kier molecular flexibility index (Phi) is 5.90. The maximum atomic E-state index is 12.4. The maximum Gasteiger partial charge on any atom is 0.156 e. The molecule has 0 aliphatic carbocycles. The summed E-state index contributed by atoms with van der Waals surface area (Å²) in [6, 6.07) is 0.858. The van der Waals surface area contributed by atoms with Crippen molar-refractivity contribution in [3.8, 4) is 0 Å². The third-order valence-corrected chi connectivity index (χ3v) is 7.15. The first-order chi connectivity index (χ1) is 9.38. The summed E-state index contributed by atoms with van der Waals surface area (Å²) in [4.78, 5) is 2.38. The SMILES string of the molecule is CCC1CN(CCS(=O)(=O)C(C)(C)C)C(C(C)(C)C)CN1. The van der Waals surface area contributed by atoms with E-state index in [2.05, 4.69) is 37.9 Å². The monoisotopic (exact) mass is 318 g/mol. The molecule has 4 nitrogen and oxygen atoms in total. The lowest BCUT2D eigenvalue weighted by Crippen LogP contribution is -2.61. The first-order valence-electron chi connectivity index (χ1n) is 8.08. The van der Waals surface area contributed by atoms with Crippen LogP contribution >= 0.6 is 0 Å². The number of hydrogen-bond donors (Lipinski definition) is 1. The predicted octanol–water partition coefficient (Wildman–Crippen LogP) is 2.30. The van der Waals surface area contributed by atoms with Crippen LogP contribution in [0.25, 0.3) is 0 Å². The molecular weight excluding hydrogens is 284 g/mol. The quantitative estimate of drug-likeness (QED) is 0.864. The molecular formula is C16H34N2O2S. The molecule has 1 rings (SSSR count). The average molecular weight is 319 g/mol. The van der Waals surface area contributed by atoms with Crippen LogP contribution in [-0.4, -0.2) is 55.5 Å². The first kappa shape index (κ1) is 18.9. The van der Waals surface area contributed by atoms with Crippen molar-refractivity contribution in [2.24, 2.45) is 5.41 Å². The van der Waals surface area contributed by atoms with E-state index in [9.17, 15) is 8.42 Å². The van der Waals surface area contributed by atoms with Gasteiger partial charge in [0.2, 0.25) is 0 Å². The minimum absolute atomic E-state index is 0.150. The molecule has 0 aromatic carbocycles. The van der Waals surface area contributed by atoms with Gasteiger partial charge in [0.05, 0.1) is 10.5 Å². The van der Waals surface area contributed by atoms with Crippen LogP contribution in [0.2, 0.25) is 0 Å². The van der Waals surface area contributed by atoms with E-state index in [4.69, 9.17) is 0 Å². The van der Waals surface area contributed by atoms with Gasteiger partial charge in [-0.05, 0) is 32.6 Å². The van der Waals surface area contributed by atoms with Gasteiger partial charge in [-0.3, -0.25) is 4.90 Å². The lowest BCUT2D eigenvalue weighted by Gasteiger charge is -2.46. The van der Waals surface area contributed by atoms with Crippen molar-refractivity contribution in [1.29, 1.82) is 0 Å². The Balaban J connectivity index is 2.80. The Hall–Kier alpha value is -0.130. The standard InChI is InChI=1S/C16H34N2O2S/c1-8-13-12-18(14(11-17-13)15(2,3)4)9-10-21(19,20)16(5,6)7/h13-14,17H,8-12H2,1-7H3. The van der Waals surface area contributed by atoms with Gasteiger partial charge in [-0.1, -0.05) is 27.7 Å². The van der Waals surface area contributed by atoms with Crippen LogP contribution in [0.5, 0.6) is 0 Å². The Morgan fingerprint density at radius 2 is 1.71 bits per heavy atom. The van der Waals surface area contributed by atoms with Crippen molar-refractivity contribution in [3.05, 3.63) is 0 Å². The minimum atomic E-state index is -3.05. The van der Waals surface area contributed by atoms with Crippen molar-refractivity contribution >= 4 is 9.84 Å². The molecule has 0 spiro atoms. The molecule has 0 amide bonds. The fourth-order valence-electron chi connectivity index (χ4n) is 2.80. The molecule has 1 fully saturated rings. The van der Waals surface area contributed by atoms with Crippen LogP contribution in [0, 0.1) is 5.41 Å². The summed E-state index contributed by atoms with van der Waals surface area (Å²) in [5.41, 5.74) is 0.150. The molecule has 2 unspecified atom stereocenters. The van der Waals surface area contributed by atoms with Crippen LogP contribution in [0.15, 0.2) is 0 Å². The molecule has 0 radical (unpaired) electrons. The van der Waals surface area contributed by atoms with Crippen molar-refractivity contribution in [1.82, 2.24) is 10.2 Å². The summed E-state index contributed by atoms with van der Waals surface area (Å²) < 4.78 is 24.1. The summed E-state index contributed by atoms with van der Waals surface area (Å²) in [5.74, 6) is 0.250. The highest BCUT2D eigenvalue weighted by Crippen LogP contribution is 2.27. The van der Waals surface area contributed by atoms with E-state index in [1.54, 1.807) is 20.8 Å². The van der Waals surface area contributed by atoms with Gasteiger partial charge in [0, 0.05) is 31.7 Å². The second-order valence-corrected chi connectivity index (χ2v) is 11.2. The summed E-state index contributed by atoms with van der Waals surface area (Å²) in [5, 5.41) is 3.59. The smallest absolute Gasteiger partial charge is 0.156 e. The Morgan fingerprint density at radius 1 is 1.14 bits per heavy atom. The van der Waals surface area contributed by atoms with E-state index in [-0.39, 0.29) is 11.2 Å². The second kappa shape index (κ2) is 6.55. The maximum absolute atomic E-state index is 12.4. The van der Waals surface area contributed by atoms with E-state index >= 15 is 0 Å². The Bertz CT molecular complexity index is 432. The summed E-state index contributed by atoms with van der Waals surface area (Å²) in [6.07, 6.45) is 1.08. The molecule has 0 aromatic heterocycles. The number of nitrogens with one attached hydrogen (secondary N) is 1. The van der Waals surface area contributed by atoms with E-state index in [0.29, 0.717) is 18.6 Å². The fourth-order valence-corrected chi connectivity index (χ4v) is 3.89. The number of piperazine rings is 1. The van der Waals surface area contributed by atoms with Gasteiger partial charge >= 0.3 is 0 Å².